The average molecular weight is 406 g/mol. The largest absolute Gasteiger partial charge is 0.486 e. The van der Waals surface area contributed by atoms with Gasteiger partial charge in [0.05, 0.1) is 16.8 Å². The van der Waals surface area contributed by atoms with Crippen LogP contribution in [0.4, 0.5) is 18.3 Å². The fourth-order valence-electron chi connectivity index (χ4n) is 2.76. The number of benzene rings is 2. The van der Waals surface area contributed by atoms with Crippen molar-refractivity contribution in [3.8, 4) is 22.8 Å². The van der Waals surface area contributed by atoms with Crippen LogP contribution < -0.4 is 14.8 Å². The van der Waals surface area contributed by atoms with Crippen LogP contribution in [0.1, 0.15) is 15.9 Å². The Bertz CT molecular complexity index is 1030. The summed E-state index contributed by atoms with van der Waals surface area (Å²) in [5, 5.41) is 4.34. The second kappa shape index (κ2) is 7.16. The molecule has 0 spiro atoms. The van der Waals surface area contributed by atoms with E-state index in [1.54, 1.807) is 23.6 Å². The average Bonchev–Trinajstić information content (AvgIpc) is 3.15. The van der Waals surface area contributed by atoms with Crippen molar-refractivity contribution in [2.24, 2.45) is 0 Å². The minimum Gasteiger partial charge on any atom is -0.486 e. The number of fused-ring (bicyclic) bond motifs is 1. The third-order valence-corrected chi connectivity index (χ3v) is 4.80. The van der Waals surface area contributed by atoms with Gasteiger partial charge in [-0.3, -0.25) is 10.1 Å². The quantitative estimate of drug-likeness (QED) is 0.675. The highest BCUT2D eigenvalue weighted by molar-refractivity contribution is 7.14. The molecule has 0 bridgehead atoms. The molecular formula is C19H13F3N2O3S. The molecule has 3 aromatic rings. The zero-order valence-corrected chi connectivity index (χ0v) is 15.1. The zero-order chi connectivity index (χ0) is 19.7. The van der Waals surface area contributed by atoms with Crippen LogP contribution in [-0.2, 0) is 6.18 Å². The van der Waals surface area contributed by atoms with Crippen molar-refractivity contribution in [1.82, 2.24) is 4.98 Å². The summed E-state index contributed by atoms with van der Waals surface area (Å²) in [6.45, 7) is 0.937. The molecule has 2 heterocycles. The van der Waals surface area contributed by atoms with E-state index >= 15 is 0 Å². The topological polar surface area (TPSA) is 60.5 Å². The standard InChI is InChI=1S/C19H13F3N2O3S/c20-19(21,22)13-4-2-1-3-12(13)17(25)24-18-23-14(10-28-18)11-5-6-15-16(9-11)27-8-7-26-15/h1-6,9-10H,7-8H2,(H,23,24,25). The molecule has 1 aliphatic heterocycles. The van der Waals surface area contributed by atoms with Gasteiger partial charge >= 0.3 is 6.18 Å². The number of hydrogen-bond donors (Lipinski definition) is 1. The smallest absolute Gasteiger partial charge is 0.417 e. The summed E-state index contributed by atoms with van der Waals surface area (Å²) in [4.78, 5) is 16.6. The fourth-order valence-corrected chi connectivity index (χ4v) is 3.47. The second-order valence-corrected chi connectivity index (χ2v) is 6.75. The van der Waals surface area contributed by atoms with Gasteiger partial charge in [-0.25, -0.2) is 4.98 Å². The summed E-state index contributed by atoms with van der Waals surface area (Å²) in [5.74, 6) is 0.375. The molecule has 0 saturated carbocycles. The maximum absolute atomic E-state index is 13.1. The molecule has 1 aromatic heterocycles. The van der Waals surface area contributed by atoms with Gasteiger partial charge in [-0.15, -0.1) is 11.3 Å². The van der Waals surface area contributed by atoms with Gasteiger partial charge in [0.25, 0.3) is 5.91 Å². The van der Waals surface area contributed by atoms with E-state index in [-0.39, 0.29) is 5.13 Å². The van der Waals surface area contributed by atoms with Crippen molar-refractivity contribution in [3.05, 3.63) is 59.0 Å². The van der Waals surface area contributed by atoms with Gasteiger partial charge in [-0.05, 0) is 30.3 Å². The summed E-state index contributed by atoms with van der Waals surface area (Å²) >= 11 is 1.12. The van der Waals surface area contributed by atoms with Crippen molar-refractivity contribution in [1.29, 1.82) is 0 Å². The van der Waals surface area contributed by atoms with Gasteiger partial charge in [0.15, 0.2) is 16.6 Å². The number of halogens is 3. The number of ether oxygens (including phenoxy) is 2. The molecule has 4 rings (SSSR count). The first-order valence-electron chi connectivity index (χ1n) is 8.25. The normalized spacial score (nSPS) is 13.2. The van der Waals surface area contributed by atoms with Crippen LogP contribution >= 0.6 is 11.3 Å². The highest BCUT2D eigenvalue weighted by Gasteiger charge is 2.35. The van der Waals surface area contributed by atoms with Gasteiger partial charge in [0.2, 0.25) is 0 Å². The molecule has 5 nitrogen and oxygen atoms in total. The molecule has 0 radical (unpaired) electrons. The lowest BCUT2D eigenvalue weighted by molar-refractivity contribution is -0.137. The molecule has 1 aliphatic rings. The van der Waals surface area contributed by atoms with Gasteiger partial charge < -0.3 is 9.47 Å². The number of anilines is 1. The van der Waals surface area contributed by atoms with E-state index < -0.39 is 23.2 Å². The minimum atomic E-state index is -4.62. The molecule has 0 aliphatic carbocycles. The molecule has 9 heteroatoms. The van der Waals surface area contributed by atoms with E-state index in [1.807, 2.05) is 0 Å². The van der Waals surface area contributed by atoms with Crippen LogP contribution in [0, 0.1) is 0 Å². The fraction of sp³-hybridized carbons (Fsp3) is 0.158. The van der Waals surface area contributed by atoms with E-state index in [0.717, 1.165) is 29.0 Å². The maximum atomic E-state index is 13.1. The number of alkyl halides is 3. The van der Waals surface area contributed by atoms with Gasteiger partial charge in [-0.2, -0.15) is 13.2 Å². The first kappa shape index (κ1) is 18.3. The predicted molar refractivity (Wildman–Crippen MR) is 97.9 cm³/mol. The summed E-state index contributed by atoms with van der Waals surface area (Å²) in [6.07, 6.45) is -4.62. The summed E-state index contributed by atoms with van der Waals surface area (Å²) in [7, 11) is 0. The third kappa shape index (κ3) is 3.65. The molecule has 1 N–H and O–H groups in total. The van der Waals surface area contributed by atoms with Crippen LogP contribution in [0.15, 0.2) is 47.8 Å². The van der Waals surface area contributed by atoms with Crippen LogP contribution in [0.2, 0.25) is 0 Å². The molecule has 0 unspecified atom stereocenters. The maximum Gasteiger partial charge on any atom is 0.417 e. The van der Waals surface area contributed by atoms with E-state index in [9.17, 15) is 18.0 Å². The molecular weight excluding hydrogens is 393 g/mol. The van der Waals surface area contributed by atoms with Crippen LogP contribution in [0.5, 0.6) is 11.5 Å². The Labute approximate surface area is 161 Å². The Morgan fingerprint density at radius 2 is 1.82 bits per heavy atom. The third-order valence-electron chi connectivity index (χ3n) is 4.04. The number of amides is 1. The monoisotopic (exact) mass is 406 g/mol. The van der Waals surface area contributed by atoms with Crippen LogP contribution in [-0.4, -0.2) is 24.1 Å². The molecule has 1 amide bonds. The summed E-state index contributed by atoms with van der Waals surface area (Å²) in [6, 6.07) is 9.96. The Kier molecular flexibility index (Phi) is 4.68. The van der Waals surface area contributed by atoms with Gasteiger partial charge in [0, 0.05) is 10.9 Å². The van der Waals surface area contributed by atoms with E-state index in [4.69, 9.17) is 9.47 Å². The summed E-state index contributed by atoms with van der Waals surface area (Å²) in [5.41, 5.74) is -0.125. The molecule has 0 fully saturated rings. The number of thiazole rings is 1. The Morgan fingerprint density at radius 3 is 2.61 bits per heavy atom. The van der Waals surface area contributed by atoms with Crippen molar-refractivity contribution in [2.75, 3.05) is 18.5 Å². The zero-order valence-electron chi connectivity index (χ0n) is 14.2. The first-order chi connectivity index (χ1) is 13.4. The van der Waals surface area contributed by atoms with Crippen molar-refractivity contribution < 1.29 is 27.4 Å². The van der Waals surface area contributed by atoms with Crippen molar-refractivity contribution in [3.63, 3.8) is 0 Å². The number of carbonyl (C=O) groups excluding carboxylic acids is 1. The minimum absolute atomic E-state index is 0.201. The summed E-state index contributed by atoms with van der Waals surface area (Å²) < 4.78 is 50.3. The Balaban J connectivity index is 1.55. The molecule has 0 saturated heterocycles. The molecule has 2 aromatic carbocycles. The lowest BCUT2D eigenvalue weighted by Crippen LogP contribution is -2.18. The number of nitrogens with zero attached hydrogens (tertiary/aromatic N) is 1. The number of hydrogen-bond acceptors (Lipinski definition) is 5. The Morgan fingerprint density at radius 1 is 1.07 bits per heavy atom. The number of nitrogens with one attached hydrogen (secondary N) is 1. The lowest BCUT2D eigenvalue weighted by atomic mass is 10.1. The van der Waals surface area contributed by atoms with Crippen LogP contribution in [0.25, 0.3) is 11.3 Å². The van der Waals surface area contributed by atoms with Gasteiger partial charge in [0.1, 0.15) is 13.2 Å². The predicted octanol–water partition coefficient (Wildman–Crippen LogP) is 4.85. The Hall–Kier alpha value is -3.07. The first-order valence-corrected chi connectivity index (χ1v) is 9.13. The van der Waals surface area contributed by atoms with Crippen molar-refractivity contribution >= 4 is 22.4 Å². The lowest BCUT2D eigenvalue weighted by Gasteiger charge is -2.18. The van der Waals surface area contributed by atoms with Gasteiger partial charge in [-0.1, -0.05) is 12.1 Å². The van der Waals surface area contributed by atoms with E-state index in [1.165, 1.54) is 12.1 Å². The molecule has 28 heavy (non-hydrogen) atoms. The van der Waals surface area contributed by atoms with E-state index in [2.05, 4.69) is 10.3 Å². The second-order valence-electron chi connectivity index (χ2n) is 5.89. The SMILES string of the molecule is O=C(Nc1nc(-c2ccc3c(c2)OCCO3)cs1)c1ccccc1C(F)(F)F. The number of carbonyl (C=O) groups is 1. The highest BCUT2D eigenvalue weighted by Crippen LogP contribution is 2.36. The molecule has 0 atom stereocenters. The number of rotatable bonds is 3. The van der Waals surface area contributed by atoms with E-state index in [0.29, 0.717) is 30.4 Å². The molecule has 144 valence electrons. The van der Waals surface area contributed by atoms with Crippen molar-refractivity contribution in [2.45, 2.75) is 6.18 Å². The van der Waals surface area contributed by atoms with Crippen LogP contribution in [0.3, 0.4) is 0 Å². The highest BCUT2D eigenvalue weighted by atomic mass is 32.1. The number of aromatic nitrogens is 1.